The van der Waals surface area contributed by atoms with E-state index in [9.17, 15) is 19.2 Å². The largest absolute Gasteiger partial charge is 0.481 e. The molecule has 0 aliphatic carbocycles. The fourth-order valence-corrected chi connectivity index (χ4v) is 3.24. The molecule has 12 heteroatoms. The summed E-state index contributed by atoms with van der Waals surface area (Å²) in [7, 11) is 0. The van der Waals surface area contributed by atoms with Crippen molar-refractivity contribution < 1.29 is 24.6 Å². The third kappa shape index (κ3) is 6.32. The van der Waals surface area contributed by atoms with Gasteiger partial charge in [-0.2, -0.15) is 4.98 Å². The summed E-state index contributed by atoms with van der Waals surface area (Å²) in [6.07, 6.45) is 0.867. The highest BCUT2D eigenvalue weighted by atomic mass is 16.4. The SMILES string of the molecule is Nc1nc2[nH]c(CCCNc3ccc(C(=O)N[C@@H](CCC(=O)O)C(=O)O)cc3)cc2c(=O)[nH]1. The summed E-state index contributed by atoms with van der Waals surface area (Å²) < 4.78 is 0. The van der Waals surface area contributed by atoms with Crippen LogP contribution >= 0.6 is 0 Å². The fourth-order valence-electron chi connectivity index (χ4n) is 3.24. The Kier molecular flexibility index (Phi) is 7.28. The van der Waals surface area contributed by atoms with Gasteiger partial charge in [0.05, 0.1) is 5.39 Å². The van der Waals surface area contributed by atoms with E-state index in [2.05, 4.69) is 25.6 Å². The zero-order chi connectivity index (χ0) is 24.0. The number of nitrogens with two attached hydrogens (primary N) is 1. The van der Waals surface area contributed by atoms with Gasteiger partial charge in [-0.1, -0.05) is 0 Å². The lowest BCUT2D eigenvalue weighted by atomic mass is 10.1. The molecule has 0 saturated heterocycles. The standard InChI is InChI=1S/C21H24N6O6/c22-21-26-17-14(19(31)27-21)10-13(24-17)2-1-9-23-12-5-3-11(4-6-12)18(30)25-15(20(32)33)7-8-16(28)29/h3-6,10,15,23H,1-2,7-9H2,(H,25,30)(H,28,29)(H,32,33)(H4,22,24,26,27,31)/t15-/m0/s1. The first kappa shape index (κ1) is 23.3. The van der Waals surface area contributed by atoms with Crippen LogP contribution in [0, 0.1) is 0 Å². The number of H-pyrrole nitrogens is 2. The van der Waals surface area contributed by atoms with Gasteiger partial charge < -0.3 is 31.6 Å². The average Bonchev–Trinajstić information content (AvgIpc) is 3.17. The topological polar surface area (TPSA) is 203 Å². The van der Waals surface area contributed by atoms with Crippen LogP contribution < -0.4 is 21.9 Å². The molecule has 0 unspecified atom stereocenters. The number of carboxylic acids is 2. The smallest absolute Gasteiger partial charge is 0.326 e. The molecule has 2 aromatic heterocycles. The van der Waals surface area contributed by atoms with Crippen molar-refractivity contribution in [3.8, 4) is 0 Å². The molecule has 1 amide bonds. The van der Waals surface area contributed by atoms with Gasteiger partial charge in [-0.25, -0.2) is 4.79 Å². The number of aromatic amines is 2. The maximum absolute atomic E-state index is 12.3. The zero-order valence-corrected chi connectivity index (χ0v) is 17.6. The Labute approximate surface area is 187 Å². The number of aryl methyl sites for hydroxylation is 1. The Bertz CT molecular complexity index is 1220. The number of rotatable bonds is 11. The lowest BCUT2D eigenvalue weighted by Crippen LogP contribution is -2.41. The van der Waals surface area contributed by atoms with Crippen molar-refractivity contribution in [2.75, 3.05) is 17.6 Å². The second-order valence-electron chi connectivity index (χ2n) is 7.41. The zero-order valence-electron chi connectivity index (χ0n) is 17.6. The number of benzene rings is 1. The number of carbonyl (C=O) groups is 3. The van der Waals surface area contributed by atoms with Crippen molar-refractivity contribution in [2.24, 2.45) is 0 Å². The number of aliphatic carboxylic acids is 2. The van der Waals surface area contributed by atoms with Gasteiger partial charge in [0.1, 0.15) is 11.7 Å². The molecule has 0 spiro atoms. The van der Waals surface area contributed by atoms with E-state index in [1.807, 2.05) is 0 Å². The number of carboxylic acid groups (broad SMARTS) is 2. The number of hydrogen-bond acceptors (Lipinski definition) is 7. The minimum Gasteiger partial charge on any atom is -0.481 e. The number of fused-ring (bicyclic) bond motifs is 1. The normalized spacial score (nSPS) is 11.8. The predicted molar refractivity (Wildman–Crippen MR) is 120 cm³/mol. The number of anilines is 2. The molecule has 1 atom stereocenters. The third-order valence-electron chi connectivity index (χ3n) is 4.92. The number of aromatic nitrogens is 3. The van der Waals surface area contributed by atoms with Crippen molar-refractivity contribution in [3.63, 3.8) is 0 Å². The van der Waals surface area contributed by atoms with E-state index < -0.39 is 23.9 Å². The molecule has 3 rings (SSSR count). The highest BCUT2D eigenvalue weighted by Gasteiger charge is 2.21. The Balaban J connectivity index is 1.48. The van der Waals surface area contributed by atoms with Gasteiger partial charge >= 0.3 is 11.9 Å². The van der Waals surface area contributed by atoms with Crippen LogP contribution in [0.25, 0.3) is 11.0 Å². The van der Waals surface area contributed by atoms with E-state index in [4.69, 9.17) is 15.9 Å². The number of nitrogen functional groups attached to an aromatic ring is 1. The quantitative estimate of drug-likeness (QED) is 0.205. The molecule has 0 fully saturated rings. The van der Waals surface area contributed by atoms with E-state index in [0.717, 1.165) is 17.8 Å². The minimum absolute atomic E-state index is 0.0541. The number of amides is 1. The van der Waals surface area contributed by atoms with Gasteiger partial charge in [-0.05, 0) is 49.6 Å². The van der Waals surface area contributed by atoms with Crippen molar-refractivity contribution in [1.82, 2.24) is 20.3 Å². The van der Waals surface area contributed by atoms with Crippen LogP contribution in [0.15, 0.2) is 35.1 Å². The molecule has 12 nitrogen and oxygen atoms in total. The van der Waals surface area contributed by atoms with Crippen LogP contribution in [0.4, 0.5) is 11.6 Å². The lowest BCUT2D eigenvalue weighted by molar-refractivity contribution is -0.140. The van der Waals surface area contributed by atoms with Crippen molar-refractivity contribution in [1.29, 1.82) is 0 Å². The van der Waals surface area contributed by atoms with Gasteiger partial charge in [0.15, 0.2) is 0 Å². The summed E-state index contributed by atoms with van der Waals surface area (Å²) in [4.78, 5) is 55.6. The molecule has 2 heterocycles. The second-order valence-corrected chi connectivity index (χ2v) is 7.41. The molecule has 8 N–H and O–H groups in total. The molecule has 174 valence electrons. The molecule has 0 aliphatic rings. The molecule has 1 aromatic carbocycles. The molecule has 33 heavy (non-hydrogen) atoms. The number of nitrogens with one attached hydrogen (secondary N) is 4. The van der Waals surface area contributed by atoms with E-state index >= 15 is 0 Å². The lowest BCUT2D eigenvalue weighted by Gasteiger charge is -2.14. The summed E-state index contributed by atoms with van der Waals surface area (Å²) in [5, 5.41) is 23.9. The fraction of sp³-hybridized carbons (Fsp3) is 0.286. The molecule has 0 bridgehead atoms. The Morgan fingerprint density at radius 1 is 1.12 bits per heavy atom. The van der Waals surface area contributed by atoms with Crippen LogP contribution in [0.2, 0.25) is 0 Å². The maximum Gasteiger partial charge on any atom is 0.326 e. The Hall–Kier alpha value is -4.35. The summed E-state index contributed by atoms with van der Waals surface area (Å²) in [5.74, 6) is -2.96. The van der Waals surface area contributed by atoms with Gasteiger partial charge in [-0.15, -0.1) is 0 Å². The summed E-state index contributed by atoms with van der Waals surface area (Å²) in [5.41, 5.74) is 7.59. The Morgan fingerprint density at radius 3 is 2.52 bits per heavy atom. The van der Waals surface area contributed by atoms with Crippen LogP contribution in [-0.4, -0.2) is 55.6 Å². The Morgan fingerprint density at radius 2 is 1.85 bits per heavy atom. The number of hydrogen-bond donors (Lipinski definition) is 7. The van der Waals surface area contributed by atoms with Crippen molar-refractivity contribution in [3.05, 3.63) is 51.9 Å². The van der Waals surface area contributed by atoms with Crippen molar-refractivity contribution >= 4 is 40.5 Å². The first-order chi connectivity index (χ1) is 15.7. The monoisotopic (exact) mass is 456 g/mol. The van der Waals surface area contributed by atoms with Crippen LogP contribution in [-0.2, 0) is 16.0 Å². The van der Waals surface area contributed by atoms with Crippen LogP contribution in [0.1, 0.15) is 35.3 Å². The van der Waals surface area contributed by atoms with E-state index in [-0.39, 0.29) is 29.9 Å². The van der Waals surface area contributed by atoms with Crippen molar-refractivity contribution in [2.45, 2.75) is 31.7 Å². The van der Waals surface area contributed by atoms with Crippen LogP contribution in [0.3, 0.4) is 0 Å². The molecule has 3 aromatic rings. The highest BCUT2D eigenvalue weighted by molar-refractivity contribution is 5.96. The molecule has 0 radical (unpaired) electrons. The van der Waals surface area contributed by atoms with E-state index in [1.165, 1.54) is 0 Å². The minimum atomic E-state index is -1.29. The first-order valence-electron chi connectivity index (χ1n) is 10.2. The average molecular weight is 456 g/mol. The summed E-state index contributed by atoms with van der Waals surface area (Å²) in [6.45, 7) is 0.628. The van der Waals surface area contributed by atoms with Gasteiger partial charge in [0, 0.05) is 29.9 Å². The van der Waals surface area contributed by atoms with Crippen LogP contribution in [0.5, 0.6) is 0 Å². The van der Waals surface area contributed by atoms with E-state index in [1.54, 1.807) is 30.3 Å². The molecule has 0 aliphatic heterocycles. The van der Waals surface area contributed by atoms with Gasteiger partial charge in [-0.3, -0.25) is 19.4 Å². The summed E-state index contributed by atoms with van der Waals surface area (Å²) >= 11 is 0. The van der Waals surface area contributed by atoms with Gasteiger partial charge in [0.25, 0.3) is 11.5 Å². The first-order valence-corrected chi connectivity index (χ1v) is 10.2. The van der Waals surface area contributed by atoms with E-state index in [0.29, 0.717) is 24.0 Å². The number of carbonyl (C=O) groups excluding carboxylic acids is 1. The second kappa shape index (κ2) is 10.3. The van der Waals surface area contributed by atoms with Gasteiger partial charge in [0.2, 0.25) is 5.95 Å². The maximum atomic E-state index is 12.3. The number of nitrogens with zero attached hydrogens (tertiary/aromatic N) is 1. The molecule has 0 saturated carbocycles. The third-order valence-corrected chi connectivity index (χ3v) is 4.92. The molecular formula is C21H24N6O6. The molecular weight excluding hydrogens is 432 g/mol. The predicted octanol–water partition coefficient (Wildman–Crippen LogP) is 0.926. The summed E-state index contributed by atoms with van der Waals surface area (Å²) in [6, 6.07) is 6.95. The highest BCUT2D eigenvalue weighted by Crippen LogP contribution is 2.13.